The molecule has 0 saturated heterocycles. The molecule has 1 aliphatic rings. The van der Waals surface area contributed by atoms with E-state index in [4.69, 9.17) is 0 Å². The number of nitrogens with one attached hydrogen (secondary N) is 1. The van der Waals surface area contributed by atoms with Crippen molar-refractivity contribution < 1.29 is 0 Å². The number of hydrogen-bond acceptors (Lipinski definition) is 1. The summed E-state index contributed by atoms with van der Waals surface area (Å²) >= 11 is 0. The first-order valence-corrected chi connectivity index (χ1v) is 3.55. The maximum Gasteiger partial charge on any atom is 0.0302 e. The first-order valence-electron chi connectivity index (χ1n) is 3.55. The Morgan fingerprint density at radius 2 is 2.30 bits per heavy atom. The van der Waals surface area contributed by atoms with Crippen molar-refractivity contribution >= 4 is 0 Å². The highest BCUT2D eigenvalue weighted by Gasteiger charge is 1.91. The van der Waals surface area contributed by atoms with Gasteiger partial charge in [-0.25, -0.2) is 0 Å². The fraction of sp³-hybridized carbons (Fsp3) is 0.333. The van der Waals surface area contributed by atoms with Gasteiger partial charge in [0, 0.05) is 12.7 Å². The van der Waals surface area contributed by atoms with Gasteiger partial charge in [0.2, 0.25) is 0 Å². The molecule has 0 atom stereocenters. The van der Waals surface area contributed by atoms with Crippen LogP contribution in [0.3, 0.4) is 0 Å². The summed E-state index contributed by atoms with van der Waals surface area (Å²) in [7, 11) is 1.95. The lowest BCUT2D eigenvalue weighted by molar-refractivity contribution is 1.02. The van der Waals surface area contributed by atoms with E-state index >= 15 is 0 Å². The molecule has 0 aromatic heterocycles. The van der Waals surface area contributed by atoms with E-state index in [1.54, 1.807) is 0 Å². The molecule has 1 nitrogen and oxygen atoms in total. The highest BCUT2D eigenvalue weighted by atomic mass is 14.8. The molecule has 1 N–H and O–H groups in total. The third-order valence-corrected chi connectivity index (χ3v) is 1.53. The van der Waals surface area contributed by atoms with Crippen LogP contribution in [0.5, 0.6) is 0 Å². The van der Waals surface area contributed by atoms with E-state index in [1.807, 2.05) is 7.05 Å². The zero-order valence-corrected chi connectivity index (χ0v) is 6.52. The predicted molar refractivity (Wildman–Crippen MR) is 44.7 cm³/mol. The number of rotatable bonds is 1. The number of hydrogen-bond donors (Lipinski definition) is 1. The van der Waals surface area contributed by atoms with Crippen LogP contribution in [0.2, 0.25) is 0 Å². The maximum absolute atomic E-state index is 3.12. The fourth-order valence-electron chi connectivity index (χ4n) is 0.975. The van der Waals surface area contributed by atoms with Gasteiger partial charge in [-0.2, -0.15) is 0 Å². The van der Waals surface area contributed by atoms with Crippen molar-refractivity contribution in [3.8, 4) is 0 Å². The molecule has 0 unspecified atom stereocenters. The number of likely N-dealkylation sites (N-methyl/N-ethyl adjacent to an activating group) is 1. The van der Waals surface area contributed by atoms with Gasteiger partial charge in [-0.3, -0.25) is 0 Å². The molecular formula is C9H13N. The molecule has 1 aliphatic carbocycles. The summed E-state index contributed by atoms with van der Waals surface area (Å²) in [4.78, 5) is 0. The molecular weight excluding hydrogens is 122 g/mol. The van der Waals surface area contributed by atoms with Crippen LogP contribution in [0.15, 0.2) is 35.6 Å². The van der Waals surface area contributed by atoms with Crippen LogP contribution >= 0.6 is 0 Å². The fourth-order valence-corrected chi connectivity index (χ4v) is 0.975. The topological polar surface area (TPSA) is 12.0 Å². The van der Waals surface area contributed by atoms with Crippen molar-refractivity contribution in [1.29, 1.82) is 0 Å². The molecule has 0 saturated carbocycles. The summed E-state index contributed by atoms with van der Waals surface area (Å²) < 4.78 is 0. The molecule has 0 aliphatic heterocycles. The zero-order valence-electron chi connectivity index (χ0n) is 6.52. The van der Waals surface area contributed by atoms with Crippen molar-refractivity contribution in [2.45, 2.75) is 13.3 Å². The lowest BCUT2D eigenvalue weighted by Crippen LogP contribution is -2.02. The first-order chi connectivity index (χ1) is 4.83. The van der Waals surface area contributed by atoms with Crippen LogP contribution in [0.4, 0.5) is 0 Å². The van der Waals surface area contributed by atoms with Gasteiger partial charge in [-0.05, 0) is 25.0 Å². The van der Waals surface area contributed by atoms with Crippen LogP contribution in [0.25, 0.3) is 0 Å². The Labute approximate surface area is 62.1 Å². The van der Waals surface area contributed by atoms with Crippen molar-refractivity contribution in [1.82, 2.24) is 5.32 Å². The van der Waals surface area contributed by atoms with Crippen LogP contribution in [0, 0.1) is 0 Å². The molecule has 0 spiro atoms. The highest BCUT2D eigenvalue weighted by molar-refractivity contribution is 5.30. The molecule has 1 heteroatoms. The molecule has 0 heterocycles. The Morgan fingerprint density at radius 1 is 1.50 bits per heavy atom. The monoisotopic (exact) mass is 135 g/mol. The van der Waals surface area contributed by atoms with Gasteiger partial charge in [0.05, 0.1) is 0 Å². The van der Waals surface area contributed by atoms with Gasteiger partial charge in [0.1, 0.15) is 0 Å². The van der Waals surface area contributed by atoms with Crippen LogP contribution in [-0.2, 0) is 0 Å². The average Bonchev–Trinajstić information content (AvgIpc) is 2.13. The summed E-state index contributed by atoms with van der Waals surface area (Å²) in [6, 6.07) is 0. The van der Waals surface area contributed by atoms with Crippen molar-refractivity contribution in [2.75, 3.05) is 7.05 Å². The quantitative estimate of drug-likeness (QED) is 0.580. The molecule has 0 radical (unpaired) electrons. The van der Waals surface area contributed by atoms with Crippen LogP contribution in [0.1, 0.15) is 13.3 Å². The van der Waals surface area contributed by atoms with Crippen molar-refractivity contribution in [3.63, 3.8) is 0 Å². The molecule has 0 aromatic rings. The Bertz CT molecular complexity index is 197. The van der Waals surface area contributed by atoms with E-state index in [0.29, 0.717) is 0 Å². The number of allylic oxidation sites excluding steroid dienone is 5. The second-order valence-corrected chi connectivity index (χ2v) is 2.44. The second-order valence-electron chi connectivity index (χ2n) is 2.44. The van der Waals surface area contributed by atoms with E-state index in [0.717, 1.165) is 6.42 Å². The second kappa shape index (κ2) is 3.25. The maximum atomic E-state index is 3.12. The van der Waals surface area contributed by atoms with E-state index < -0.39 is 0 Å². The molecule has 1 rings (SSSR count). The highest BCUT2D eigenvalue weighted by Crippen LogP contribution is 2.07. The van der Waals surface area contributed by atoms with E-state index in [-0.39, 0.29) is 0 Å². The third kappa shape index (κ3) is 1.76. The smallest absolute Gasteiger partial charge is 0.0302 e. The standard InChI is InChI=1S/C9H13N/c1-8-5-3-4-6-9(7-8)10-2/h3,5-7,10H,4H2,1-2H3. The van der Waals surface area contributed by atoms with Crippen LogP contribution in [-0.4, -0.2) is 7.05 Å². The Balaban J connectivity index is 2.77. The summed E-state index contributed by atoms with van der Waals surface area (Å²) in [5.41, 5.74) is 2.51. The van der Waals surface area contributed by atoms with E-state index in [1.165, 1.54) is 11.3 Å². The van der Waals surface area contributed by atoms with Gasteiger partial charge >= 0.3 is 0 Å². The first kappa shape index (κ1) is 7.13. The zero-order chi connectivity index (χ0) is 7.40. The normalized spacial score (nSPS) is 17.4. The molecule has 54 valence electrons. The summed E-state index contributed by atoms with van der Waals surface area (Å²) in [5, 5.41) is 3.12. The molecule has 0 bridgehead atoms. The predicted octanol–water partition coefficient (Wildman–Crippen LogP) is 2.00. The van der Waals surface area contributed by atoms with Crippen molar-refractivity contribution in [3.05, 3.63) is 35.6 Å². The lowest BCUT2D eigenvalue weighted by Gasteiger charge is -1.98. The molecule has 0 amide bonds. The summed E-state index contributed by atoms with van der Waals surface area (Å²) in [6.07, 6.45) is 9.65. The SMILES string of the molecule is CNC1=CCC=CC(C)=C1. The molecule has 10 heavy (non-hydrogen) atoms. The van der Waals surface area contributed by atoms with Gasteiger partial charge in [0.25, 0.3) is 0 Å². The van der Waals surface area contributed by atoms with Crippen LogP contribution < -0.4 is 5.32 Å². The summed E-state index contributed by atoms with van der Waals surface area (Å²) in [5.74, 6) is 0. The van der Waals surface area contributed by atoms with E-state index in [9.17, 15) is 0 Å². The minimum Gasteiger partial charge on any atom is -0.388 e. The summed E-state index contributed by atoms with van der Waals surface area (Å²) in [6.45, 7) is 2.10. The van der Waals surface area contributed by atoms with Gasteiger partial charge < -0.3 is 5.32 Å². The Hall–Kier alpha value is -0.980. The van der Waals surface area contributed by atoms with Gasteiger partial charge in [-0.1, -0.05) is 18.2 Å². The third-order valence-electron chi connectivity index (χ3n) is 1.53. The Morgan fingerprint density at radius 3 is 3.00 bits per heavy atom. The van der Waals surface area contributed by atoms with Crippen molar-refractivity contribution in [2.24, 2.45) is 0 Å². The average molecular weight is 135 g/mol. The Kier molecular flexibility index (Phi) is 2.32. The lowest BCUT2D eigenvalue weighted by atomic mass is 10.2. The van der Waals surface area contributed by atoms with Gasteiger partial charge in [-0.15, -0.1) is 0 Å². The largest absolute Gasteiger partial charge is 0.388 e. The van der Waals surface area contributed by atoms with Gasteiger partial charge in [0.15, 0.2) is 0 Å². The minimum absolute atomic E-state index is 1.03. The molecule has 0 fully saturated rings. The minimum atomic E-state index is 1.03. The molecule has 0 aromatic carbocycles. The van der Waals surface area contributed by atoms with E-state index in [2.05, 4.69) is 36.5 Å².